The molecule has 168 valence electrons. The molecule has 2 aliphatic heterocycles. The molecule has 0 N–H and O–H groups in total. The minimum atomic E-state index is -0.182. The molecule has 0 atom stereocenters. The van der Waals surface area contributed by atoms with E-state index in [-0.39, 0.29) is 12.6 Å². The van der Waals surface area contributed by atoms with Gasteiger partial charge in [-0.2, -0.15) is 0 Å². The van der Waals surface area contributed by atoms with E-state index in [2.05, 4.69) is 9.80 Å². The number of oxazole rings is 1. The van der Waals surface area contributed by atoms with E-state index in [1.54, 1.807) is 19.2 Å². The van der Waals surface area contributed by atoms with Crippen molar-refractivity contribution in [1.82, 2.24) is 14.8 Å². The first kappa shape index (κ1) is 20.8. The number of benzene rings is 2. The molecule has 1 aromatic heterocycles. The van der Waals surface area contributed by atoms with Crippen molar-refractivity contribution in [2.24, 2.45) is 0 Å². The third kappa shape index (κ3) is 4.28. The summed E-state index contributed by atoms with van der Waals surface area (Å²) < 4.78 is 35.8. The molecule has 0 saturated carbocycles. The molecule has 8 heteroatoms. The Morgan fingerprint density at radius 3 is 2.56 bits per heavy atom. The third-order valence-electron chi connectivity index (χ3n) is 5.93. The van der Waals surface area contributed by atoms with Gasteiger partial charge in [0, 0.05) is 44.8 Å². The van der Waals surface area contributed by atoms with Gasteiger partial charge in [-0.15, -0.1) is 0 Å². The summed E-state index contributed by atoms with van der Waals surface area (Å²) in [7, 11) is 1.60. The van der Waals surface area contributed by atoms with Gasteiger partial charge in [-0.3, -0.25) is 9.80 Å². The molecule has 0 aliphatic carbocycles. The minimum absolute atomic E-state index is 0.177. The van der Waals surface area contributed by atoms with Crippen LogP contribution in [0.5, 0.6) is 17.2 Å². The Kier molecular flexibility index (Phi) is 5.71. The van der Waals surface area contributed by atoms with Crippen LogP contribution in [-0.2, 0) is 13.1 Å². The number of methoxy groups -OCH3 is 1. The van der Waals surface area contributed by atoms with Crippen LogP contribution in [0, 0.1) is 12.7 Å². The van der Waals surface area contributed by atoms with E-state index in [0.29, 0.717) is 23.1 Å². The molecule has 3 aromatic rings. The van der Waals surface area contributed by atoms with E-state index in [0.717, 1.165) is 61.8 Å². The van der Waals surface area contributed by atoms with Crippen molar-refractivity contribution >= 4 is 0 Å². The van der Waals surface area contributed by atoms with Gasteiger partial charge in [-0.1, -0.05) is 12.1 Å². The highest BCUT2D eigenvalue weighted by atomic mass is 19.1. The van der Waals surface area contributed by atoms with Gasteiger partial charge in [0.05, 0.1) is 12.8 Å². The molecule has 3 heterocycles. The Morgan fingerprint density at radius 2 is 1.81 bits per heavy atom. The summed E-state index contributed by atoms with van der Waals surface area (Å²) in [5, 5.41) is 0. The van der Waals surface area contributed by atoms with Crippen LogP contribution in [0.15, 0.2) is 40.8 Å². The molecule has 32 heavy (non-hydrogen) atoms. The van der Waals surface area contributed by atoms with Gasteiger partial charge in [-0.25, -0.2) is 9.37 Å². The molecule has 7 nitrogen and oxygen atoms in total. The first-order chi connectivity index (χ1) is 15.6. The van der Waals surface area contributed by atoms with Crippen molar-refractivity contribution in [1.29, 1.82) is 0 Å². The van der Waals surface area contributed by atoms with E-state index >= 15 is 0 Å². The zero-order valence-electron chi connectivity index (χ0n) is 18.3. The number of aryl methyl sites for hydroxylation is 1. The predicted molar refractivity (Wildman–Crippen MR) is 116 cm³/mol. The van der Waals surface area contributed by atoms with Crippen molar-refractivity contribution in [2.75, 3.05) is 40.1 Å². The molecule has 2 aliphatic rings. The van der Waals surface area contributed by atoms with Crippen LogP contribution < -0.4 is 14.2 Å². The summed E-state index contributed by atoms with van der Waals surface area (Å²) in [6, 6.07) is 10.6. The Bertz CT molecular complexity index is 1110. The second kappa shape index (κ2) is 8.80. The van der Waals surface area contributed by atoms with Gasteiger partial charge in [0.25, 0.3) is 0 Å². The number of aromatic nitrogens is 1. The fraction of sp³-hybridized carbons (Fsp3) is 0.375. The largest absolute Gasteiger partial charge is 0.493 e. The van der Waals surface area contributed by atoms with Crippen LogP contribution in [0.3, 0.4) is 0 Å². The molecule has 0 unspecified atom stereocenters. The molecule has 0 radical (unpaired) electrons. The maximum absolute atomic E-state index is 13.4. The van der Waals surface area contributed by atoms with Crippen LogP contribution in [0.2, 0.25) is 0 Å². The van der Waals surface area contributed by atoms with Gasteiger partial charge >= 0.3 is 0 Å². The monoisotopic (exact) mass is 439 g/mol. The topological polar surface area (TPSA) is 60.2 Å². The average Bonchev–Trinajstić information content (AvgIpc) is 3.41. The number of nitrogens with zero attached hydrogens (tertiary/aromatic N) is 3. The van der Waals surface area contributed by atoms with Gasteiger partial charge in [0.2, 0.25) is 18.4 Å². The van der Waals surface area contributed by atoms with Crippen LogP contribution >= 0.6 is 0 Å². The average molecular weight is 439 g/mol. The summed E-state index contributed by atoms with van der Waals surface area (Å²) in [5.74, 6) is 3.00. The number of ether oxygens (including phenoxy) is 3. The maximum Gasteiger partial charge on any atom is 0.231 e. The number of halogens is 1. The molecular formula is C24H26FN3O4. The zero-order valence-corrected chi connectivity index (χ0v) is 18.3. The quantitative estimate of drug-likeness (QED) is 0.578. The van der Waals surface area contributed by atoms with Gasteiger partial charge in [0.15, 0.2) is 11.5 Å². The summed E-state index contributed by atoms with van der Waals surface area (Å²) in [6.45, 7) is 7.32. The van der Waals surface area contributed by atoms with E-state index < -0.39 is 0 Å². The Hall–Kier alpha value is -3.10. The van der Waals surface area contributed by atoms with Crippen molar-refractivity contribution in [2.45, 2.75) is 20.0 Å². The molecule has 1 saturated heterocycles. The van der Waals surface area contributed by atoms with Gasteiger partial charge in [-0.05, 0) is 36.8 Å². The second-order valence-electron chi connectivity index (χ2n) is 8.12. The number of fused-ring (bicyclic) bond motifs is 1. The van der Waals surface area contributed by atoms with E-state index in [4.69, 9.17) is 23.6 Å². The Labute approximate surface area is 186 Å². The minimum Gasteiger partial charge on any atom is -0.493 e. The molecule has 5 rings (SSSR count). The lowest BCUT2D eigenvalue weighted by molar-refractivity contribution is 0.120. The van der Waals surface area contributed by atoms with Crippen molar-refractivity contribution in [3.05, 3.63) is 59.2 Å². The first-order valence-corrected chi connectivity index (χ1v) is 10.7. The SMILES string of the molecule is COc1cc(-c2nc(CN3CCN(Cc4cccc(F)c4)CC3)c(C)o2)cc2c1OCO2. The highest BCUT2D eigenvalue weighted by Crippen LogP contribution is 2.44. The summed E-state index contributed by atoms with van der Waals surface area (Å²) in [6.07, 6.45) is 0. The Balaban J connectivity index is 1.23. The highest BCUT2D eigenvalue weighted by molar-refractivity contribution is 5.66. The lowest BCUT2D eigenvalue weighted by Crippen LogP contribution is -2.45. The molecule has 0 amide bonds. The van der Waals surface area contributed by atoms with Crippen LogP contribution in [0.25, 0.3) is 11.5 Å². The molecular weight excluding hydrogens is 413 g/mol. The molecule has 0 bridgehead atoms. The zero-order chi connectivity index (χ0) is 22.1. The predicted octanol–water partition coefficient (Wildman–Crippen LogP) is 3.84. The number of hydrogen-bond donors (Lipinski definition) is 0. The Morgan fingerprint density at radius 1 is 1.03 bits per heavy atom. The smallest absolute Gasteiger partial charge is 0.231 e. The van der Waals surface area contributed by atoms with Crippen molar-refractivity contribution in [3.63, 3.8) is 0 Å². The van der Waals surface area contributed by atoms with Crippen LogP contribution in [0.4, 0.5) is 4.39 Å². The summed E-state index contributed by atoms with van der Waals surface area (Å²) >= 11 is 0. The first-order valence-electron chi connectivity index (χ1n) is 10.7. The maximum atomic E-state index is 13.4. The normalized spacial score (nSPS) is 16.5. The number of hydrogen-bond acceptors (Lipinski definition) is 7. The van der Waals surface area contributed by atoms with Crippen LogP contribution in [-0.4, -0.2) is 54.9 Å². The van der Waals surface area contributed by atoms with Crippen molar-refractivity contribution in [3.8, 4) is 28.7 Å². The third-order valence-corrected chi connectivity index (χ3v) is 5.93. The van der Waals surface area contributed by atoms with Crippen LogP contribution in [0.1, 0.15) is 17.0 Å². The highest BCUT2D eigenvalue weighted by Gasteiger charge is 2.24. The number of rotatable bonds is 6. The summed E-state index contributed by atoms with van der Waals surface area (Å²) in [4.78, 5) is 9.48. The standard InChI is InChI=1S/C24H26FN3O4/c1-16-20(14-28-8-6-27(7-9-28)13-17-4-3-5-19(25)10-17)26-24(32-16)18-11-21(29-2)23-22(12-18)30-15-31-23/h3-5,10-12H,6-9,13-15H2,1-2H3. The summed E-state index contributed by atoms with van der Waals surface area (Å²) in [5.41, 5.74) is 2.73. The molecule has 2 aromatic carbocycles. The van der Waals surface area contributed by atoms with Crippen molar-refractivity contribution < 1.29 is 23.0 Å². The number of piperazine rings is 1. The van der Waals surface area contributed by atoms with E-state index in [1.165, 1.54) is 6.07 Å². The fourth-order valence-electron chi connectivity index (χ4n) is 4.16. The molecule has 1 fully saturated rings. The van der Waals surface area contributed by atoms with E-state index in [9.17, 15) is 4.39 Å². The lowest BCUT2D eigenvalue weighted by Gasteiger charge is -2.34. The fourth-order valence-corrected chi connectivity index (χ4v) is 4.16. The second-order valence-corrected chi connectivity index (χ2v) is 8.12. The van der Waals surface area contributed by atoms with E-state index in [1.807, 2.05) is 25.1 Å². The van der Waals surface area contributed by atoms with Gasteiger partial charge < -0.3 is 18.6 Å². The lowest BCUT2D eigenvalue weighted by atomic mass is 10.2. The van der Waals surface area contributed by atoms with Gasteiger partial charge in [0.1, 0.15) is 11.6 Å². The molecule has 0 spiro atoms.